The molecule has 0 spiro atoms. The molecule has 0 saturated carbocycles. The predicted octanol–water partition coefficient (Wildman–Crippen LogP) is 1.84. The first-order valence-corrected chi connectivity index (χ1v) is 7.86. The van der Waals surface area contributed by atoms with Gasteiger partial charge in [-0.25, -0.2) is 0 Å². The Morgan fingerprint density at radius 2 is 2.00 bits per heavy atom. The first kappa shape index (κ1) is 20.5. The number of benzene rings is 1. The highest BCUT2D eigenvalue weighted by Crippen LogP contribution is 2.26. The molecule has 1 fully saturated rings. The minimum atomic E-state index is -0.479. The first-order chi connectivity index (χ1) is 11.1. The van der Waals surface area contributed by atoms with E-state index in [2.05, 4.69) is 0 Å². The summed E-state index contributed by atoms with van der Waals surface area (Å²) in [4.78, 5) is 14.2. The van der Waals surface area contributed by atoms with Gasteiger partial charge in [0.05, 0.1) is 20.3 Å². The third-order valence-corrected chi connectivity index (χ3v) is 4.34. The number of methoxy groups -OCH3 is 2. The van der Waals surface area contributed by atoms with Gasteiger partial charge in [-0.15, -0.1) is 12.4 Å². The van der Waals surface area contributed by atoms with Crippen molar-refractivity contribution < 1.29 is 19.0 Å². The van der Waals surface area contributed by atoms with Gasteiger partial charge in [0, 0.05) is 38.4 Å². The lowest BCUT2D eigenvalue weighted by Gasteiger charge is -2.30. The van der Waals surface area contributed by atoms with Crippen molar-refractivity contribution in [3.63, 3.8) is 0 Å². The molecule has 1 aromatic carbocycles. The molecule has 1 aliphatic heterocycles. The molecule has 24 heavy (non-hydrogen) atoms. The number of rotatable bonds is 6. The van der Waals surface area contributed by atoms with E-state index in [-0.39, 0.29) is 24.2 Å². The number of halogens is 1. The molecule has 1 unspecified atom stereocenters. The van der Waals surface area contributed by atoms with Gasteiger partial charge in [0.1, 0.15) is 11.5 Å². The van der Waals surface area contributed by atoms with Crippen LogP contribution < -0.4 is 15.2 Å². The third kappa shape index (κ3) is 5.00. The Morgan fingerprint density at radius 1 is 1.33 bits per heavy atom. The number of hydrogen-bond donors (Lipinski definition) is 1. The minimum absolute atomic E-state index is 0. The number of likely N-dealkylation sites (N-methyl/N-ethyl adjacent to an activating group) is 1. The summed E-state index contributed by atoms with van der Waals surface area (Å²) in [6.45, 7) is 1.81. The maximum atomic E-state index is 12.6. The lowest BCUT2D eigenvalue weighted by Crippen LogP contribution is -2.47. The van der Waals surface area contributed by atoms with E-state index in [1.54, 1.807) is 26.2 Å². The zero-order valence-electron chi connectivity index (χ0n) is 14.5. The zero-order valence-corrected chi connectivity index (χ0v) is 15.3. The number of nitrogens with two attached hydrogens (primary N) is 1. The van der Waals surface area contributed by atoms with E-state index in [0.717, 1.165) is 24.2 Å². The second-order valence-corrected chi connectivity index (χ2v) is 5.85. The van der Waals surface area contributed by atoms with Crippen molar-refractivity contribution in [1.82, 2.24) is 4.90 Å². The van der Waals surface area contributed by atoms with E-state index in [0.29, 0.717) is 25.5 Å². The van der Waals surface area contributed by atoms with Crippen LogP contribution in [-0.4, -0.2) is 51.3 Å². The molecule has 1 heterocycles. The topological polar surface area (TPSA) is 74.0 Å². The Labute approximate surface area is 149 Å². The van der Waals surface area contributed by atoms with Gasteiger partial charge >= 0.3 is 0 Å². The predicted molar refractivity (Wildman–Crippen MR) is 94.8 cm³/mol. The molecular weight excluding hydrogens is 332 g/mol. The molecule has 6 nitrogen and oxygen atoms in total. The Hall–Kier alpha value is -1.50. The van der Waals surface area contributed by atoms with E-state index in [4.69, 9.17) is 19.9 Å². The molecule has 1 saturated heterocycles. The number of carbonyl (C=O) groups is 1. The standard InChI is InChI=1S/C17H26N2O4.ClH/c1-19(17(20)16(18)12-6-8-23-9-7-12)11-13-4-5-14(21-2)10-15(13)22-3;/h4-5,10,12,16H,6-9,11,18H2,1-3H3;1H. The molecule has 0 aromatic heterocycles. The molecular formula is C17H27ClN2O4. The van der Waals surface area contributed by atoms with Crippen LogP contribution in [0.3, 0.4) is 0 Å². The van der Waals surface area contributed by atoms with Crippen LogP contribution in [0.15, 0.2) is 18.2 Å². The molecule has 1 aliphatic rings. The molecule has 0 bridgehead atoms. The largest absolute Gasteiger partial charge is 0.497 e. The Morgan fingerprint density at radius 3 is 2.58 bits per heavy atom. The van der Waals surface area contributed by atoms with Gasteiger partial charge in [-0.1, -0.05) is 0 Å². The summed E-state index contributed by atoms with van der Waals surface area (Å²) in [5, 5.41) is 0. The van der Waals surface area contributed by atoms with Gasteiger partial charge < -0.3 is 24.8 Å². The summed E-state index contributed by atoms with van der Waals surface area (Å²) in [5.41, 5.74) is 7.08. The summed E-state index contributed by atoms with van der Waals surface area (Å²) in [6.07, 6.45) is 1.68. The van der Waals surface area contributed by atoms with Gasteiger partial charge in [0.25, 0.3) is 0 Å². The summed E-state index contributed by atoms with van der Waals surface area (Å²) in [5.74, 6) is 1.56. The van der Waals surface area contributed by atoms with Crippen LogP contribution in [-0.2, 0) is 16.1 Å². The number of hydrogen-bond acceptors (Lipinski definition) is 5. The second kappa shape index (κ2) is 9.71. The third-order valence-electron chi connectivity index (χ3n) is 4.34. The van der Waals surface area contributed by atoms with Crippen molar-refractivity contribution in [3.8, 4) is 11.5 Å². The average molecular weight is 359 g/mol. The smallest absolute Gasteiger partial charge is 0.239 e. The second-order valence-electron chi connectivity index (χ2n) is 5.85. The van der Waals surface area contributed by atoms with Crippen molar-refractivity contribution in [3.05, 3.63) is 23.8 Å². The summed E-state index contributed by atoms with van der Waals surface area (Å²) in [6, 6.07) is 5.09. The molecule has 2 N–H and O–H groups in total. The van der Waals surface area contributed by atoms with Gasteiger partial charge in [-0.3, -0.25) is 4.79 Å². The number of carbonyl (C=O) groups excluding carboxylic acids is 1. The molecule has 136 valence electrons. The summed E-state index contributed by atoms with van der Waals surface area (Å²) in [7, 11) is 4.98. The lowest BCUT2D eigenvalue weighted by molar-refractivity contribution is -0.133. The minimum Gasteiger partial charge on any atom is -0.497 e. The molecule has 0 aliphatic carbocycles. The van der Waals surface area contributed by atoms with E-state index in [1.807, 2.05) is 18.2 Å². The molecule has 1 atom stereocenters. The zero-order chi connectivity index (χ0) is 16.8. The van der Waals surface area contributed by atoms with E-state index < -0.39 is 6.04 Å². The lowest BCUT2D eigenvalue weighted by atomic mass is 9.91. The highest BCUT2D eigenvalue weighted by Gasteiger charge is 2.28. The Bertz CT molecular complexity index is 535. The number of nitrogens with zero attached hydrogens (tertiary/aromatic N) is 1. The quantitative estimate of drug-likeness (QED) is 0.839. The Kier molecular flexibility index (Phi) is 8.31. The van der Waals surface area contributed by atoms with Crippen LogP contribution in [0.1, 0.15) is 18.4 Å². The highest BCUT2D eigenvalue weighted by atomic mass is 35.5. The van der Waals surface area contributed by atoms with Gasteiger partial charge in [-0.2, -0.15) is 0 Å². The van der Waals surface area contributed by atoms with Crippen molar-refractivity contribution in [2.24, 2.45) is 11.7 Å². The first-order valence-electron chi connectivity index (χ1n) is 7.86. The van der Waals surface area contributed by atoms with Crippen LogP contribution in [0.4, 0.5) is 0 Å². The van der Waals surface area contributed by atoms with Crippen LogP contribution >= 0.6 is 12.4 Å². The number of amides is 1. The fourth-order valence-electron chi connectivity index (χ4n) is 2.85. The van der Waals surface area contributed by atoms with Crippen molar-refractivity contribution in [2.75, 3.05) is 34.5 Å². The fourth-order valence-corrected chi connectivity index (χ4v) is 2.85. The molecule has 7 heteroatoms. The molecule has 2 rings (SSSR count). The van der Waals surface area contributed by atoms with Crippen LogP contribution in [0.25, 0.3) is 0 Å². The van der Waals surface area contributed by atoms with Crippen molar-refractivity contribution in [2.45, 2.75) is 25.4 Å². The van der Waals surface area contributed by atoms with Crippen LogP contribution in [0.5, 0.6) is 11.5 Å². The van der Waals surface area contributed by atoms with E-state index in [9.17, 15) is 4.79 Å². The fraction of sp³-hybridized carbons (Fsp3) is 0.588. The van der Waals surface area contributed by atoms with Crippen molar-refractivity contribution in [1.29, 1.82) is 0 Å². The maximum Gasteiger partial charge on any atom is 0.239 e. The summed E-state index contributed by atoms with van der Waals surface area (Å²) >= 11 is 0. The van der Waals surface area contributed by atoms with E-state index in [1.165, 1.54) is 0 Å². The van der Waals surface area contributed by atoms with Gasteiger partial charge in [-0.05, 0) is 30.9 Å². The van der Waals surface area contributed by atoms with Gasteiger partial charge in [0.2, 0.25) is 5.91 Å². The normalized spacial score (nSPS) is 16.0. The summed E-state index contributed by atoms with van der Waals surface area (Å²) < 4.78 is 15.9. The Balaban J connectivity index is 0.00000288. The van der Waals surface area contributed by atoms with Crippen LogP contribution in [0.2, 0.25) is 0 Å². The molecule has 1 amide bonds. The van der Waals surface area contributed by atoms with E-state index >= 15 is 0 Å². The molecule has 1 aromatic rings. The maximum absolute atomic E-state index is 12.6. The molecule has 0 radical (unpaired) electrons. The SMILES string of the molecule is COc1ccc(CN(C)C(=O)C(N)C2CCOCC2)c(OC)c1.Cl. The van der Waals surface area contributed by atoms with Crippen molar-refractivity contribution >= 4 is 18.3 Å². The highest BCUT2D eigenvalue weighted by molar-refractivity contribution is 5.85. The number of ether oxygens (including phenoxy) is 3. The van der Waals surface area contributed by atoms with Gasteiger partial charge in [0.15, 0.2) is 0 Å². The monoisotopic (exact) mass is 358 g/mol. The average Bonchev–Trinajstić information content (AvgIpc) is 2.61. The van der Waals surface area contributed by atoms with Crippen LogP contribution in [0, 0.1) is 5.92 Å².